The zero-order valence-electron chi connectivity index (χ0n) is 8.65. The van der Waals surface area contributed by atoms with Gasteiger partial charge in [-0.25, -0.2) is 0 Å². The number of benzene rings is 1. The molecule has 0 aliphatic rings. The number of nitrogens with two attached hydrogens (primary N) is 2. The zero-order valence-corrected chi connectivity index (χ0v) is 10.2. The van der Waals surface area contributed by atoms with E-state index < -0.39 is 0 Å². The highest BCUT2D eigenvalue weighted by Gasteiger charge is 2.04. The van der Waals surface area contributed by atoms with Gasteiger partial charge in [-0.05, 0) is 23.8 Å². The lowest BCUT2D eigenvalue weighted by atomic mass is 10.1. The molecule has 16 heavy (non-hydrogen) atoms. The minimum Gasteiger partial charge on any atom is -0.397 e. The molecule has 0 spiro atoms. The first-order valence-corrected chi connectivity index (χ1v) is 5.70. The Labute approximate surface area is 103 Å². The molecule has 0 unspecified atom stereocenters. The molecular weight excluding hydrogens is 266 g/mol. The molecule has 2 rings (SSSR count). The lowest BCUT2D eigenvalue weighted by Gasteiger charge is -2.06. The summed E-state index contributed by atoms with van der Waals surface area (Å²) >= 11 is 3.39. The number of hydrogen-bond acceptors (Lipinski definition) is 3. The van der Waals surface area contributed by atoms with Gasteiger partial charge in [0, 0.05) is 22.8 Å². The van der Waals surface area contributed by atoms with Crippen LogP contribution in [-0.4, -0.2) is 4.98 Å². The number of pyridine rings is 1. The van der Waals surface area contributed by atoms with Gasteiger partial charge in [0.05, 0.1) is 11.4 Å². The van der Waals surface area contributed by atoms with Crippen molar-refractivity contribution in [3.8, 4) is 11.3 Å². The fourth-order valence-electron chi connectivity index (χ4n) is 1.49. The van der Waals surface area contributed by atoms with Crippen molar-refractivity contribution in [2.75, 3.05) is 5.73 Å². The molecular formula is C12H12BrN3. The van der Waals surface area contributed by atoms with Gasteiger partial charge < -0.3 is 11.5 Å². The van der Waals surface area contributed by atoms with Crippen molar-refractivity contribution in [3.05, 3.63) is 46.6 Å². The molecule has 0 atom stereocenters. The van der Waals surface area contributed by atoms with Gasteiger partial charge in [-0.15, -0.1) is 0 Å². The molecule has 0 radical (unpaired) electrons. The summed E-state index contributed by atoms with van der Waals surface area (Å²) in [7, 11) is 0. The van der Waals surface area contributed by atoms with Crippen LogP contribution in [0, 0.1) is 0 Å². The standard InChI is InChI=1S/C12H12BrN3/c13-10-3-1-9(2-4-10)12-11(15)5-8(6-14)7-16-12/h1-5,7H,6,14-15H2. The molecule has 1 heterocycles. The average Bonchev–Trinajstić information content (AvgIpc) is 2.30. The Kier molecular flexibility index (Phi) is 3.22. The molecule has 0 amide bonds. The van der Waals surface area contributed by atoms with Crippen LogP contribution in [0.1, 0.15) is 5.56 Å². The minimum absolute atomic E-state index is 0.456. The normalized spacial score (nSPS) is 10.4. The molecule has 4 N–H and O–H groups in total. The molecule has 3 nitrogen and oxygen atoms in total. The SMILES string of the molecule is NCc1cnc(-c2ccc(Br)cc2)c(N)c1. The van der Waals surface area contributed by atoms with Crippen LogP contribution in [0.5, 0.6) is 0 Å². The van der Waals surface area contributed by atoms with Crippen LogP contribution < -0.4 is 11.5 Å². The highest BCUT2D eigenvalue weighted by Crippen LogP contribution is 2.25. The van der Waals surface area contributed by atoms with E-state index in [1.165, 1.54) is 0 Å². The largest absolute Gasteiger partial charge is 0.397 e. The van der Waals surface area contributed by atoms with Crippen molar-refractivity contribution in [3.63, 3.8) is 0 Å². The van der Waals surface area contributed by atoms with Crippen molar-refractivity contribution >= 4 is 21.6 Å². The molecule has 82 valence electrons. The van der Waals surface area contributed by atoms with Crippen molar-refractivity contribution in [1.82, 2.24) is 4.98 Å². The van der Waals surface area contributed by atoms with Crippen molar-refractivity contribution < 1.29 is 0 Å². The molecule has 1 aromatic carbocycles. The molecule has 2 aromatic rings. The summed E-state index contributed by atoms with van der Waals surface area (Å²) in [5.74, 6) is 0. The lowest BCUT2D eigenvalue weighted by molar-refractivity contribution is 1.05. The van der Waals surface area contributed by atoms with Gasteiger partial charge in [-0.3, -0.25) is 4.98 Å². The first kappa shape index (κ1) is 11.1. The molecule has 0 saturated heterocycles. The Morgan fingerprint density at radius 1 is 1.19 bits per heavy atom. The van der Waals surface area contributed by atoms with Crippen molar-refractivity contribution in [2.45, 2.75) is 6.54 Å². The van der Waals surface area contributed by atoms with Crippen LogP contribution in [0.3, 0.4) is 0 Å². The van der Waals surface area contributed by atoms with E-state index in [9.17, 15) is 0 Å². The van der Waals surface area contributed by atoms with Gasteiger partial charge in [0.25, 0.3) is 0 Å². The Morgan fingerprint density at radius 2 is 1.88 bits per heavy atom. The average molecular weight is 278 g/mol. The van der Waals surface area contributed by atoms with Crippen molar-refractivity contribution in [2.24, 2.45) is 5.73 Å². The highest BCUT2D eigenvalue weighted by molar-refractivity contribution is 9.10. The van der Waals surface area contributed by atoms with E-state index in [0.29, 0.717) is 12.2 Å². The van der Waals surface area contributed by atoms with Crippen LogP contribution in [-0.2, 0) is 6.54 Å². The van der Waals surface area contributed by atoms with Crippen LogP contribution in [0.15, 0.2) is 41.0 Å². The van der Waals surface area contributed by atoms with Crippen LogP contribution >= 0.6 is 15.9 Å². The molecule has 0 saturated carbocycles. The van der Waals surface area contributed by atoms with E-state index >= 15 is 0 Å². The monoisotopic (exact) mass is 277 g/mol. The summed E-state index contributed by atoms with van der Waals surface area (Å²) in [5, 5.41) is 0. The van der Waals surface area contributed by atoms with E-state index in [-0.39, 0.29) is 0 Å². The fraction of sp³-hybridized carbons (Fsp3) is 0.0833. The first-order valence-electron chi connectivity index (χ1n) is 4.91. The number of halogens is 1. The second-order valence-corrected chi connectivity index (χ2v) is 4.41. The van der Waals surface area contributed by atoms with Gasteiger partial charge in [-0.2, -0.15) is 0 Å². The van der Waals surface area contributed by atoms with E-state index in [1.807, 2.05) is 30.3 Å². The Morgan fingerprint density at radius 3 is 2.44 bits per heavy atom. The van der Waals surface area contributed by atoms with E-state index in [1.54, 1.807) is 6.20 Å². The van der Waals surface area contributed by atoms with Crippen molar-refractivity contribution in [1.29, 1.82) is 0 Å². The summed E-state index contributed by atoms with van der Waals surface area (Å²) in [6.07, 6.45) is 1.76. The number of nitrogens with zero attached hydrogens (tertiary/aromatic N) is 1. The summed E-state index contributed by atoms with van der Waals surface area (Å²) in [6, 6.07) is 9.75. The smallest absolute Gasteiger partial charge is 0.0931 e. The summed E-state index contributed by atoms with van der Waals surface area (Å²) in [4.78, 5) is 4.33. The number of hydrogen-bond donors (Lipinski definition) is 2. The number of anilines is 1. The Balaban J connectivity index is 2.44. The predicted molar refractivity (Wildman–Crippen MR) is 69.7 cm³/mol. The van der Waals surface area contributed by atoms with Gasteiger partial charge in [-0.1, -0.05) is 28.1 Å². The zero-order chi connectivity index (χ0) is 11.5. The molecule has 0 fully saturated rings. The number of rotatable bonds is 2. The van der Waals surface area contributed by atoms with Crippen LogP contribution in [0.25, 0.3) is 11.3 Å². The molecule has 0 aliphatic carbocycles. The van der Waals surface area contributed by atoms with Gasteiger partial charge in [0.2, 0.25) is 0 Å². The van der Waals surface area contributed by atoms with Gasteiger partial charge in [0.1, 0.15) is 0 Å². The third-order valence-electron chi connectivity index (χ3n) is 2.33. The van der Waals surface area contributed by atoms with Gasteiger partial charge in [0.15, 0.2) is 0 Å². The van der Waals surface area contributed by atoms with Crippen LogP contribution in [0.2, 0.25) is 0 Å². The molecule has 1 aromatic heterocycles. The third-order valence-corrected chi connectivity index (χ3v) is 2.86. The van der Waals surface area contributed by atoms with E-state index in [0.717, 1.165) is 21.3 Å². The topological polar surface area (TPSA) is 64.9 Å². The maximum atomic E-state index is 5.94. The van der Waals surface area contributed by atoms with E-state index in [4.69, 9.17) is 11.5 Å². The number of nitrogen functional groups attached to an aromatic ring is 1. The first-order chi connectivity index (χ1) is 7.70. The second kappa shape index (κ2) is 4.63. The van der Waals surface area contributed by atoms with Gasteiger partial charge >= 0.3 is 0 Å². The lowest BCUT2D eigenvalue weighted by Crippen LogP contribution is -2.00. The maximum absolute atomic E-state index is 5.94. The minimum atomic E-state index is 0.456. The Hall–Kier alpha value is -1.39. The maximum Gasteiger partial charge on any atom is 0.0931 e. The summed E-state index contributed by atoms with van der Waals surface area (Å²) in [5.41, 5.74) is 14.9. The van der Waals surface area contributed by atoms with E-state index in [2.05, 4.69) is 20.9 Å². The summed E-state index contributed by atoms with van der Waals surface area (Å²) in [6.45, 7) is 0.456. The second-order valence-electron chi connectivity index (χ2n) is 3.49. The Bertz CT molecular complexity index is 494. The third kappa shape index (κ3) is 2.23. The molecule has 4 heteroatoms. The van der Waals surface area contributed by atoms with Crippen LogP contribution in [0.4, 0.5) is 5.69 Å². The fourth-order valence-corrected chi connectivity index (χ4v) is 1.75. The highest BCUT2D eigenvalue weighted by atomic mass is 79.9. The summed E-state index contributed by atoms with van der Waals surface area (Å²) < 4.78 is 1.04. The predicted octanol–water partition coefficient (Wildman–Crippen LogP) is 2.55. The molecule has 0 bridgehead atoms. The molecule has 0 aliphatic heterocycles. The quantitative estimate of drug-likeness (QED) is 0.887. The number of aromatic nitrogens is 1.